The summed E-state index contributed by atoms with van der Waals surface area (Å²) in [4.78, 5) is 9.48. The number of para-hydroxylation sites is 1. The first kappa shape index (κ1) is 11.2. The monoisotopic (exact) mass is 262 g/mol. The fourth-order valence-corrected chi connectivity index (χ4v) is 2.68. The van der Waals surface area contributed by atoms with Crippen LogP contribution in [0.1, 0.15) is 9.88 Å². The van der Waals surface area contributed by atoms with Crippen LogP contribution in [0.5, 0.6) is 0 Å². The van der Waals surface area contributed by atoms with Gasteiger partial charge in [0.25, 0.3) is 0 Å². The fraction of sp³-hybridized carbons (Fsp3) is 0.167. The van der Waals surface area contributed by atoms with Crippen LogP contribution in [0.2, 0.25) is 0 Å². The Morgan fingerprint density at radius 3 is 3.00 bits per heavy atom. The number of rotatable bonds is 2. The first-order valence-corrected chi connectivity index (χ1v) is 6.28. The van der Waals surface area contributed by atoms with Gasteiger partial charge in [-0.3, -0.25) is 0 Å². The van der Waals surface area contributed by atoms with E-state index >= 15 is 0 Å². The Bertz CT molecular complexity index is 716. The van der Waals surface area contributed by atoms with Crippen molar-refractivity contribution in [1.29, 1.82) is 0 Å². The average molecular weight is 262 g/mol. The van der Waals surface area contributed by atoms with E-state index in [-0.39, 0.29) is 5.82 Å². The number of aromatic nitrogens is 3. The SMILES string of the molecule is Cc1cnc(Cn2c(N)nc3c(F)cccc32)s1. The zero-order chi connectivity index (χ0) is 12.7. The number of imidazole rings is 1. The third-order valence-corrected chi connectivity index (χ3v) is 3.62. The molecule has 2 N–H and O–H groups in total. The highest BCUT2D eigenvalue weighted by atomic mass is 32.1. The van der Waals surface area contributed by atoms with Gasteiger partial charge in [-0.05, 0) is 19.1 Å². The van der Waals surface area contributed by atoms with Crippen LogP contribution in [-0.4, -0.2) is 14.5 Å². The molecule has 0 atom stereocenters. The molecule has 0 saturated carbocycles. The zero-order valence-corrected chi connectivity index (χ0v) is 10.5. The van der Waals surface area contributed by atoms with E-state index in [0.29, 0.717) is 23.5 Å². The number of hydrogen-bond donors (Lipinski definition) is 1. The Labute approximate surface area is 107 Å². The maximum absolute atomic E-state index is 13.6. The van der Waals surface area contributed by atoms with E-state index in [9.17, 15) is 4.39 Å². The van der Waals surface area contributed by atoms with Crippen molar-refractivity contribution >= 4 is 28.3 Å². The van der Waals surface area contributed by atoms with E-state index in [1.54, 1.807) is 22.0 Å². The van der Waals surface area contributed by atoms with E-state index in [0.717, 1.165) is 9.88 Å². The molecule has 0 bridgehead atoms. The highest BCUT2D eigenvalue weighted by molar-refractivity contribution is 7.11. The van der Waals surface area contributed by atoms with E-state index in [1.165, 1.54) is 6.07 Å². The van der Waals surface area contributed by atoms with Crippen LogP contribution in [0.3, 0.4) is 0 Å². The summed E-state index contributed by atoms with van der Waals surface area (Å²) < 4.78 is 15.4. The van der Waals surface area contributed by atoms with Crippen molar-refractivity contribution < 1.29 is 4.39 Å². The highest BCUT2D eigenvalue weighted by Crippen LogP contribution is 2.22. The molecule has 0 aliphatic heterocycles. The summed E-state index contributed by atoms with van der Waals surface area (Å²) >= 11 is 1.60. The number of aryl methyl sites for hydroxylation is 1. The van der Waals surface area contributed by atoms with Crippen LogP contribution < -0.4 is 5.73 Å². The van der Waals surface area contributed by atoms with Crippen LogP contribution in [0, 0.1) is 12.7 Å². The number of anilines is 1. The van der Waals surface area contributed by atoms with Crippen molar-refractivity contribution in [1.82, 2.24) is 14.5 Å². The Hall–Kier alpha value is -1.95. The minimum Gasteiger partial charge on any atom is -0.369 e. The maximum Gasteiger partial charge on any atom is 0.201 e. The first-order chi connectivity index (χ1) is 8.65. The van der Waals surface area contributed by atoms with Crippen LogP contribution >= 0.6 is 11.3 Å². The minimum absolute atomic E-state index is 0.308. The number of halogens is 1. The molecular formula is C12H11FN4S. The lowest BCUT2D eigenvalue weighted by Crippen LogP contribution is -2.04. The number of benzene rings is 1. The molecule has 0 amide bonds. The average Bonchev–Trinajstić information content (AvgIpc) is 2.87. The Morgan fingerprint density at radius 1 is 1.44 bits per heavy atom. The van der Waals surface area contributed by atoms with Gasteiger partial charge in [0.15, 0.2) is 5.82 Å². The van der Waals surface area contributed by atoms with Crippen molar-refractivity contribution in [2.24, 2.45) is 0 Å². The largest absolute Gasteiger partial charge is 0.369 e. The van der Waals surface area contributed by atoms with Crippen molar-refractivity contribution in [2.75, 3.05) is 5.73 Å². The quantitative estimate of drug-likeness (QED) is 0.772. The molecule has 2 heterocycles. The summed E-state index contributed by atoms with van der Waals surface area (Å²) in [5.74, 6) is -0.0452. The lowest BCUT2D eigenvalue weighted by atomic mass is 10.3. The predicted molar refractivity (Wildman–Crippen MR) is 70.1 cm³/mol. The topological polar surface area (TPSA) is 56.7 Å². The van der Waals surface area contributed by atoms with Crippen molar-refractivity contribution in [2.45, 2.75) is 13.5 Å². The summed E-state index contributed by atoms with van der Waals surface area (Å²) in [6, 6.07) is 4.84. The van der Waals surface area contributed by atoms with E-state index in [2.05, 4.69) is 9.97 Å². The fourth-order valence-electron chi connectivity index (χ4n) is 1.91. The Kier molecular flexibility index (Phi) is 2.52. The van der Waals surface area contributed by atoms with Crippen LogP contribution in [0.15, 0.2) is 24.4 Å². The third kappa shape index (κ3) is 1.74. The standard InChI is InChI=1S/C12H11FN4S/c1-7-5-15-10(18-7)6-17-9-4-2-3-8(13)11(9)16-12(17)14/h2-5H,6H2,1H3,(H2,14,16). The van der Waals surface area contributed by atoms with Crippen molar-refractivity contribution in [3.05, 3.63) is 40.1 Å². The summed E-state index contributed by atoms with van der Waals surface area (Å²) in [6.45, 7) is 2.51. The molecule has 3 aromatic rings. The Morgan fingerprint density at radius 2 is 2.28 bits per heavy atom. The van der Waals surface area contributed by atoms with Gasteiger partial charge in [-0.1, -0.05) is 6.07 Å². The number of nitrogens with zero attached hydrogens (tertiary/aromatic N) is 3. The first-order valence-electron chi connectivity index (χ1n) is 5.46. The molecule has 0 spiro atoms. The summed E-state index contributed by atoms with van der Waals surface area (Å²) in [7, 11) is 0. The molecule has 0 radical (unpaired) electrons. The second kappa shape index (κ2) is 4.06. The number of nitrogen functional groups attached to an aromatic ring is 1. The van der Waals surface area contributed by atoms with Crippen LogP contribution in [0.4, 0.5) is 10.3 Å². The van der Waals surface area contributed by atoms with Gasteiger partial charge in [0.2, 0.25) is 5.95 Å². The molecule has 0 aliphatic rings. The molecule has 0 aliphatic carbocycles. The normalized spacial score (nSPS) is 11.2. The minimum atomic E-state index is -0.353. The van der Waals surface area contributed by atoms with Gasteiger partial charge in [-0.2, -0.15) is 0 Å². The van der Waals surface area contributed by atoms with Crippen molar-refractivity contribution in [3.8, 4) is 0 Å². The third-order valence-electron chi connectivity index (χ3n) is 2.72. The van der Waals surface area contributed by atoms with Gasteiger partial charge in [0.05, 0.1) is 12.1 Å². The second-order valence-electron chi connectivity index (χ2n) is 4.03. The van der Waals surface area contributed by atoms with Gasteiger partial charge < -0.3 is 10.3 Å². The van der Waals surface area contributed by atoms with E-state index < -0.39 is 0 Å². The maximum atomic E-state index is 13.6. The molecular weight excluding hydrogens is 251 g/mol. The lowest BCUT2D eigenvalue weighted by Gasteiger charge is -2.03. The number of nitrogens with two attached hydrogens (primary N) is 1. The van der Waals surface area contributed by atoms with Gasteiger partial charge >= 0.3 is 0 Å². The molecule has 6 heteroatoms. The van der Waals surface area contributed by atoms with E-state index in [4.69, 9.17) is 5.73 Å². The molecule has 0 saturated heterocycles. The molecule has 1 aromatic carbocycles. The Balaban J connectivity index is 2.11. The van der Waals surface area contributed by atoms with Gasteiger partial charge in [0.1, 0.15) is 10.5 Å². The molecule has 4 nitrogen and oxygen atoms in total. The number of hydrogen-bond acceptors (Lipinski definition) is 4. The van der Waals surface area contributed by atoms with Crippen molar-refractivity contribution in [3.63, 3.8) is 0 Å². The second-order valence-corrected chi connectivity index (χ2v) is 5.35. The summed E-state index contributed by atoms with van der Waals surface area (Å²) in [6.07, 6.45) is 1.82. The molecule has 92 valence electrons. The number of fused-ring (bicyclic) bond motifs is 1. The zero-order valence-electron chi connectivity index (χ0n) is 9.72. The van der Waals surface area contributed by atoms with Gasteiger partial charge in [-0.15, -0.1) is 11.3 Å². The highest BCUT2D eigenvalue weighted by Gasteiger charge is 2.12. The molecule has 3 rings (SSSR count). The van der Waals surface area contributed by atoms with Gasteiger partial charge in [-0.25, -0.2) is 14.4 Å². The lowest BCUT2D eigenvalue weighted by molar-refractivity contribution is 0.637. The molecule has 0 unspecified atom stereocenters. The smallest absolute Gasteiger partial charge is 0.201 e. The van der Waals surface area contributed by atoms with E-state index in [1.807, 2.05) is 19.2 Å². The van der Waals surface area contributed by atoms with Crippen LogP contribution in [0.25, 0.3) is 11.0 Å². The molecule has 2 aromatic heterocycles. The van der Waals surface area contributed by atoms with Crippen LogP contribution in [-0.2, 0) is 6.54 Å². The van der Waals surface area contributed by atoms with Gasteiger partial charge in [0, 0.05) is 11.1 Å². The predicted octanol–water partition coefficient (Wildman–Crippen LogP) is 2.57. The molecule has 18 heavy (non-hydrogen) atoms. The summed E-state index contributed by atoms with van der Waals surface area (Å²) in [5.41, 5.74) is 6.84. The molecule has 0 fully saturated rings. The summed E-state index contributed by atoms with van der Waals surface area (Å²) in [5, 5.41) is 0.933. The number of thiazole rings is 1.